The van der Waals surface area contributed by atoms with E-state index in [4.69, 9.17) is 0 Å². The Hall–Kier alpha value is -2.10. The van der Waals surface area contributed by atoms with Gasteiger partial charge in [0.25, 0.3) is 0 Å². The topological polar surface area (TPSA) is 46.9 Å². The lowest BCUT2D eigenvalue weighted by molar-refractivity contribution is -0.116. The number of hydrogen-bond acceptors (Lipinski definition) is 2. The van der Waals surface area contributed by atoms with E-state index < -0.39 is 0 Å². The Morgan fingerprint density at radius 3 is 2.63 bits per heavy atom. The second kappa shape index (κ2) is 5.69. The zero-order chi connectivity index (χ0) is 13.8. The third-order valence-electron chi connectivity index (χ3n) is 3.13. The number of nitrogens with zero attached hydrogens (tertiary/aromatic N) is 2. The van der Waals surface area contributed by atoms with Crippen LogP contribution in [0.15, 0.2) is 36.4 Å². The van der Waals surface area contributed by atoms with Gasteiger partial charge >= 0.3 is 0 Å². The lowest BCUT2D eigenvalue weighted by atomic mass is 9.98. The van der Waals surface area contributed by atoms with Crippen LogP contribution >= 0.6 is 0 Å². The molecule has 100 valence electrons. The van der Waals surface area contributed by atoms with E-state index in [0.29, 0.717) is 6.42 Å². The molecule has 2 rings (SSSR count). The van der Waals surface area contributed by atoms with E-state index in [1.54, 1.807) is 4.68 Å². The fraction of sp³-hybridized carbons (Fsp3) is 0.333. The second-order valence-corrected chi connectivity index (χ2v) is 4.86. The molecule has 0 radical (unpaired) electrons. The van der Waals surface area contributed by atoms with Crippen LogP contribution in [0.25, 0.3) is 0 Å². The summed E-state index contributed by atoms with van der Waals surface area (Å²) in [5, 5.41) is 7.10. The predicted octanol–water partition coefficient (Wildman–Crippen LogP) is 2.86. The van der Waals surface area contributed by atoms with Gasteiger partial charge in [-0.3, -0.25) is 9.48 Å². The van der Waals surface area contributed by atoms with Gasteiger partial charge in [0.1, 0.15) is 5.82 Å². The SMILES string of the molecule is Cc1cc(NC(=O)C[C@@H](C)c2ccccc2)n(C)n1. The summed E-state index contributed by atoms with van der Waals surface area (Å²) in [6.45, 7) is 3.96. The van der Waals surface area contributed by atoms with Gasteiger partial charge in [-0.2, -0.15) is 5.10 Å². The first-order valence-electron chi connectivity index (χ1n) is 6.41. The van der Waals surface area contributed by atoms with Crippen LogP contribution in [-0.4, -0.2) is 15.7 Å². The molecule has 0 aliphatic heterocycles. The molecule has 0 unspecified atom stereocenters. The number of carbonyl (C=O) groups excluding carboxylic acids is 1. The van der Waals surface area contributed by atoms with Crippen molar-refractivity contribution in [2.45, 2.75) is 26.2 Å². The lowest BCUT2D eigenvalue weighted by Gasteiger charge is -2.11. The van der Waals surface area contributed by atoms with E-state index in [1.165, 1.54) is 5.56 Å². The highest BCUT2D eigenvalue weighted by molar-refractivity contribution is 5.90. The molecule has 1 heterocycles. The molecule has 1 aromatic carbocycles. The van der Waals surface area contributed by atoms with Crippen molar-refractivity contribution in [1.29, 1.82) is 0 Å². The van der Waals surface area contributed by atoms with Crippen molar-refractivity contribution in [2.24, 2.45) is 7.05 Å². The summed E-state index contributed by atoms with van der Waals surface area (Å²) in [6.07, 6.45) is 0.467. The summed E-state index contributed by atoms with van der Waals surface area (Å²) < 4.78 is 1.68. The molecule has 0 aliphatic carbocycles. The fourth-order valence-corrected chi connectivity index (χ4v) is 2.10. The standard InChI is InChI=1S/C15H19N3O/c1-11(13-7-5-4-6-8-13)9-15(19)16-14-10-12(2)17-18(14)3/h4-8,10-11H,9H2,1-3H3,(H,16,19)/t11-/m1/s1. The maximum absolute atomic E-state index is 12.0. The monoisotopic (exact) mass is 257 g/mol. The molecule has 0 saturated heterocycles. The van der Waals surface area contributed by atoms with Gasteiger partial charge < -0.3 is 5.32 Å². The molecule has 19 heavy (non-hydrogen) atoms. The molecule has 1 aromatic heterocycles. The number of amides is 1. The molecular formula is C15H19N3O. The van der Waals surface area contributed by atoms with E-state index in [-0.39, 0.29) is 11.8 Å². The molecule has 4 heteroatoms. The normalized spacial score (nSPS) is 12.2. The summed E-state index contributed by atoms with van der Waals surface area (Å²) in [4.78, 5) is 12.0. The third-order valence-corrected chi connectivity index (χ3v) is 3.13. The van der Waals surface area contributed by atoms with E-state index in [9.17, 15) is 4.79 Å². The average molecular weight is 257 g/mol. The molecule has 0 bridgehead atoms. The van der Waals surface area contributed by atoms with Crippen LogP contribution in [-0.2, 0) is 11.8 Å². The number of carbonyl (C=O) groups is 1. The zero-order valence-corrected chi connectivity index (χ0v) is 11.6. The Bertz CT molecular complexity index is 560. The van der Waals surface area contributed by atoms with Crippen LogP contribution in [0.2, 0.25) is 0 Å². The predicted molar refractivity (Wildman–Crippen MR) is 76.0 cm³/mol. The van der Waals surface area contributed by atoms with Crippen molar-refractivity contribution >= 4 is 11.7 Å². The summed E-state index contributed by atoms with van der Waals surface area (Å²) in [7, 11) is 1.82. The number of aromatic nitrogens is 2. The Labute approximate surface area is 113 Å². The number of nitrogens with one attached hydrogen (secondary N) is 1. The van der Waals surface area contributed by atoms with Gasteiger partial charge in [-0.25, -0.2) is 0 Å². The second-order valence-electron chi connectivity index (χ2n) is 4.86. The molecule has 4 nitrogen and oxygen atoms in total. The van der Waals surface area contributed by atoms with Crippen LogP contribution in [0.1, 0.15) is 30.5 Å². The molecule has 0 saturated carbocycles. The molecule has 1 N–H and O–H groups in total. The van der Waals surface area contributed by atoms with E-state index in [1.807, 2.05) is 50.4 Å². The lowest BCUT2D eigenvalue weighted by Crippen LogP contribution is -2.16. The molecular weight excluding hydrogens is 238 g/mol. The summed E-state index contributed by atoms with van der Waals surface area (Å²) >= 11 is 0. The number of rotatable bonds is 4. The number of benzene rings is 1. The number of anilines is 1. The highest BCUT2D eigenvalue weighted by atomic mass is 16.1. The third kappa shape index (κ3) is 3.44. The van der Waals surface area contributed by atoms with Gasteiger partial charge in [0, 0.05) is 19.5 Å². The minimum absolute atomic E-state index is 0.0133. The molecule has 1 atom stereocenters. The van der Waals surface area contributed by atoms with Crippen molar-refractivity contribution in [2.75, 3.05) is 5.32 Å². The Morgan fingerprint density at radius 1 is 1.37 bits per heavy atom. The zero-order valence-electron chi connectivity index (χ0n) is 11.6. The average Bonchev–Trinajstić information content (AvgIpc) is 2.68. The highest BCUT2D eigenvalue weighted by Crippen LogP contribution is 2.19. The highest BCUT2D eigenvalue weighted by Gasteiger charge is 2.12. The van der Waals surface area contributed by atoms with Crippen molar-refractivity contribution in [3.63, 3.8) is 0 Å². The fourth-order valence-electron chi connectivity index (χ4n) is 2.10. The summed E-state index contributed by atoms with van der Waals surface area (Å²) in [6, 6.07) is 11.9. The van der Waals surface area contributed by atoms with Gasteiger partial charge in [0.05, 0.1) is 5.69 Å². The first-order chi connectivity index (χ1) is 9.06. The van der Waals surface area contributed by atoms with E-state index in [0.717, 1.165) is 11.5 Å². The molecule has 2 aromatic rings. The van der Waals surface area contributed by atoms with Crippen molar-refractivity contribution in [3.8, 4) is 0 Å². The van der Waals surface area contributed by atoms with Gasteiger partial charge in [0.15, 0.2) is 0 Å². The minimum atomic E-state index is 0.0133. The van der Waals surface area contributed by atoms with E-state index >= 15 is 0 Å². The first-order valence-corrected chi connectivity index (χ1v) is 6.41. The van der Waals surface area contributed by atoms with Crippen molar-refractivity contribution in [3.05, 3.63) is 47.7 Å². The van der Waals surface area contributed by atoms with Crippen molar-refractivity contribution < 1.29 is 4.79 Å². The van der Waals surface area contributed by atoms with Crippen LogP contribution in [0.4, 0.5) is 5.82 Å². The van der Waals surface area contributed by atoms with Crippen LogP contribution in [0.3, 0.4) is 0 Å². The van der Waals surface area contributed by atoms with Crippen molar-refractivity contribution in [1.82, 2.24) is 9.78 Å². The summed E-state index contributed by atoms with van der Waals surface area (Å²) in [5.74, 6) is 0.956. The van der Waals surface area contributed by atoms with Gasteiger partial charge in [-0.05, 0) is 18.4 Å². The summed E-state index contributed by atoms with van der Waals surface area (Å²) in [5.41, 5.74) is 2.08. The molecule has 1 amide bonds. The maximum atomic E-state index is 12.0. The van der Waals surface area contributed by atoms with Crippen LogP contribution in [0.5, 0.6) is 0 Å². The Balaban J connectivity index is 1.96. The number of hydrogen-bond donors (Lipinski definition) is 1. The molecule has 0 spiro atoms. The van der Waals surface area contributed by atoms with E-state index in [2.05, 4.69) is 17.3 Å². The first kappa shape index (κ1) is 13.3. The Morgan fingerprint density at radius 2 is 2.05 bits per heavy atom. The number of aryl methyl sites for hydroxylation is 2. The smallest absolute Gasteiger partial charge is 0.226 e. The largest absolute Gasteiger partial charge is 0.311 e. The minimum Gasteiger partial charge on any atom is -0.311 e. The Kier molecular flexibility index (Phi) is 4.00. The van der Waals surface area contributed by atoms with Gasteiger partial charge in [0.2, 0.25) is 5.91 Å². The maximum Gasteiger partial charge on any atom is 0.226 e. The molecule has 0 aliphatic rings. The molecule has 0 fully saturated rings. The van der Waals surface area contributed by atoms with Gasteiger partial charge in [-0.1, -0.05) is 37.3 Å². The van der Waals surface area contributed by atoms with Crippen LogP contribution in [0, 0.1) is 6.92 Å². The van der Waals surface area contributed by atoms with Crippen LogP contribution < -0.4 is 5.32 Å². The van der Waals surface area contributed by atoms with Gasteiger partial charge in [-0.15, -0.1) is 0 Å². The quantitative estimate of drug-likeness (QED) is 0.915.